The highest BCUT2D eigenvalue weighted by Crippen LogP contribution is 2.20. The molecule has 1 aliphatic heterocycles. The van der Waals surface area contributed by atoms with Crippen LogP contribution in [0, 0.1) is 5.92 Å². The molecule has 1 saturated heterocycles. The minimum atomic E-state index is 0.335. The van der Waals surface area contributed by atoms with Gasteiger partial charge in [-0.2, -0.15) is 0 Å². The largest absolute Gasteiger partial charge is 0.341 e. The van der Waals surface area contributed by atoms with Gasteiger partial charge >= 0.3 is 0 Å². The average Bonchev–Trinajstić information content (AvgIpc) is 2.48. The summed E-state index contributed by atoms with van der Waals surface area (Å²) in [5, 5.41) is 3.33. The number of likely N-dealkylation sites (N-methyl/N-ethyl adjacent to an activating group) is 1. The van der Waals surface area contributed by atoms with Gasteiger partial charge < -0.3 is 10.2 Å². The van der Waals surface area contributed by atoms with Gasteiger partial charge in [0.25, 0.3) is 0 Å². The molecular formula is C11H22N2O. The van der Waals surface area contributed by atoms with Crippen molar-refractivity contribution in [2.75, 3.05) is 19.6 Å². The maximum atomic E-state index is 11.6. The Hall–Kier alpha value is -0.570. The molecule has 14 heavy (non-hydrogen) atoms. The molecule has 1 aliphatic rings. The highest BCUT2D eigenvalue weighted by molar-refractivity contribution is 5.78. The summed E-state index contributed by atoms with van der Waals surface area (Å²) in [5.41, 5.74) is 0. The summed E-state index contributed by atoms with van der Waals surface area (Å²) >= 11 is 0. The molecule has 1 amide bonds. The molecule has 0 aromatic heterocycles. The zero-order chi connectivity index (χ0) is 10.6. The summed E-state index contributed by atoms with van der Waals surface area (Å²) < 4.78 is 0. The van der Waals surface area contributed by atoms with Crippen molar-refractivity contribution in [1.82, 2.24) is 10.2 Å². The number of hydrogen-bond donors (Lipinski definition) is 1. The van der Waals surface area contributed by atoms with E-state index in [1.807, 2.05) is 4.90 Å². The van der Waals surface area contributed by atoms with Crippen molar-refractivity contribution in [1.29, 1.82) is 0 Å². The van der Waals surface area contributed by atoms with Crippen LogP contribution >= 0.6 is 0 Å². The predicted octanol–water partition coefficient (Wildman–Crippen LogP) is 1.24. The molecule has 1 N–H and O–H groups in total. The maximum Gasteiger partial charge on any atom is 0.222 e. The normalized spacial score (nSPS) is 24.4. The molecule has 1 fully saturated rings. The topological polar surface area (TPSA) is 32.3 Å². The molecule has 82 valence electrons. The van der Waals surface area contributed by atoms with Crippen molar-refractivity contribution in [3.05, 3.63) is 0 Å². The molecular weight excluding hydrogens is 176 g/mol. The van der Waals surface area contributed by atoms with E-state index in [1.165, 1.54) is 0 Å². The molecule has 0 radical (unpaired) electrons. The van der Waals surface area contributed by atoms with Crippen molar-refractivity contribution in [2.45, 2.75) is 39.7 Å². The molecule has 0 aromatic carbocycles. The first-order chi connectivity index (χ1) is 6.67. The third-order valence-corrected chi connectivity index (χ3v) is 2.92. The summed E-state index contributed by atoms with van der Waals surface area (Å²) in [6, 6.07) is 0.416. The van der Waals surface area contributed by atoms with Gasteiger partial charge in [0.1, 0.15) is 0 Å². The number of rotatable bonds is 5. The lowest BCUT2D eigenvalue weighted by molar-refractivity contribution is -0.128. The summed E-state index contributed by atoms with van der Waals surface area (Å²) in [6.45, 7) is 9.19. The van der Waals surface area contributed by atoms with Crippen LogP contribution < -0.4 is 5.32 Å². The predicted molar refractivity (Wildman–Crippen MR) is 58.1 cm³/mol. The summed E-state index contributed by atoms with van der Waals surface area (Å²) in [4.78, 5) is 13.6. The standard InChI is InChI=1S/C11H22N2O/c1-4-10-6-11(14)13(8-10)7-9(3)12-5-2/h9-10,12H,4-8H2,1-3H3. The van der Waals surface area contributed by atoms with Gasteiger partial charge in [-0.15, -0.1) is 0 Å². The Morgan fingerprint density at radius 1 is 1.57 bits per heavy atom. The Morgan fingerprint density at radius 2 is 2.29 bits per heavy atom. The Morgan fingerprint density at radius 3 is 2.79 bits per heavy atom. The van der Waals surface area contributed by atoms with Crippen molar-refractivity contribution >= 4 is 5.91 Å². The van der Waals surface area contributed by atoms with Crippen LogP contribution in [0.15, 0.2) is 0 Å². The molecule has 0 aromatic rings. The molecule has 0 aliphatic carbocycles. The number of hydrogen-bond acceptors (Lipinski definition) is 2. The average molecular weight is 198 g/mol. The summed E-state index contributed by atoms with van der Waals surface area (Å²) in [7, 11) is 0. The minimum absolute atomic E-state index is 0.335. The lowest BCUT2D eigenvalue weighted by Gasteiger charge is -2.21. The fraction of sp³-hybridized carbons (Fsp3) is 0.909. The van der Waals surface area contributed by atoms with Crippen LogP contribution in [-0.2, 0) is 4.79 Å². The van der Waals surface area contributed by atoms with Crippen LogP contribution in [0.2, 0.25) is 0 Å². The van der Waals surface area contributed by atoms with E-state index in [2.05, 4.69) is 26.1 Å². The van der Waals surface area contributed by atoms with Crippen molar-refractivity contribution in [3.8, 4) is 0 Å². The fourth-order valence-corrected chi connectivity index (χ4v) is 2.05. The lowest BCUT2D eigenvalue weighted by atomic mass is 10.1. The first-order valence-corrected chi connectivity index (χ1v) is 5.68. The van der Waals surface area contributed by atoms with Crippen LogP contribution in [0.4, 0.5) is 0 Å². The van der Waals surface area contributed by atoms with E-state index < -0.39 is 0 Å². The van der Waals surface area contributed by atoms with Crippen LogP contribution in [0.25, 0.3) is 0 Å². The van der Waals surface area contributed by atoms with Gasteiger partial charge in [0.05, 0.1) is 0 Å². The molecule has 2 unspecified atom stereocenters. The van der Waals surface area contributed by atoms with Crippen molar-refractivity contribution in [3.63, 3.8) is 0 Å². The quantitative estimate of drug-likeness (QED) is 0.721. The first-order valence-electron chi connectivity index (χ1n) is 5.68. The van der Waals surface area contributed by atoms with Crippen LogP contribution in [-0.4, -0.2) is 36.5 Å². The molecule has 0 bridgehead atoms. The van der Waals surface area contributed by atoms with Gasteiger partial charge in [-0.1, -0.05) is 20.3 Å². The number of amides is 1. The SMILES string of the molecule is CCNC(C)CN1CC(CC)CC1=O. The first kappa shape index (κ1) is 11.5. The Bertz CT molecular complexity index is 194. The second-order valence-corrected chi connectivity index (χ2v) is 4.24. The van der Waals surface area contributed by atoms with Gasteiger partial charge in [0.15, 0.2) is 0 Å². The minimum Gasteiger partial charge on any atom is -0.341 e. The summed E-state index contributed by atoms with van der Waals surface area (Å²) in [5.74, 6) is 0.929. The highest BCUT2D eigenvalue weighted by Gasteiger charge is 2.28. The van der Waals surface area contributed by atoms with Gasteiger partial charge in [-0.05, 0) is 19.4 Å². The van der Waals surface area contributed by atoms with E-state index in [1.54, 1.807) is 0 Å². The monoisotopic (exact) mass is 198 g/mol. The van der Waals surface area contributed by atoms with Crippen LogP contribution in [0.1, 0.15) is 33.6 Å². The number of carbonyl (C=O) groups is 1. The molecule has 1 heterocycles. The lowest BCUT2D eigenvalue weighted by Crippen LogP contribution is -2.39. The van der Waals surface area contributed by atoms with E-state index in [-0.39, 0.29) is 0 Å². The van der Waals surface area contributed by atoms with Crippen molar-refractivity contribution < 1.29 is 4.79 Å². The molecule has 1 rings (SSSR count). The van der Waals surface area contributed by atoms with Gasteiger partial charge in [0.2, 0.25) is 5.91 Å². The van der Waals surface area contributed by atoms with E-state index in [4.69, 9.17) is 0 Å². The Balaban J connectivity index is 2.34. The van der Waals surface area contributed by atoms with E-state index in [0.717, 1.165) is 32.5 Å². The zero-order valence-corrected chi connectivity index (χ0v) is 9.55. The third-order valence-electron chi connectivity index (χ3n) is 2.92. The zero-order valence-electron chi connectivity index (χ0n) is 9.55. The fourth-order valence-electron chi connectivity index (χ4n) is 2.05. The maximum absolute atomic E-state index is 11.6. The smallest absolute Gasteiger partial charge is 0.222 e. The second kappa shape index (κ2) is 5.35. The van der Waals surface area contributed by atoms with Crippen LogP contribution in [0.3, 0.4) is 0 Å². The molecule has 3 heteroatoms. The third kappa shape index (κ3) is 2.98. The van der Waals surface area contributed by atoms with E-state index >= 15 is 0 Å². The molecule has 2 atom stereocenters. The number of nitrogens with one attached hydrogen (secondary N) is 1. The second-order valence-electron chi connectivity index (χ2n) is 4.24. The van der Waals surface area contributed by atoms with Gasteiger partial charge in [0, 0.05) is 25.6 Å². The highest BCUT2D eigenvalue weighted by atomic mass is 16.2. The number of likely N-dealkylation sites (tertiary alicyclic amines) is 1. The van der Waals surface area contributed by atoms with E-state index in [0.29, 0.717) is 17.9 Å². The van der Waals surface area contributed by atoms with Crippen LogP contribution in [0.5, 0.6) is 0 Å². The van der Waals surface area contributed by atoms with Gasteiger partial charge in [-0.25, -0.2) is 0 Å². The Labute approximate surface area is 86.9 Å². The number of nitrogens with zero attached hydrogens (tertiary/aromatic N) is 1. The summed E-state index contributed by atoms with van der Waals surface area (Å²) in [6.07, 6.45) is 1.88. The molecule has 3 nitrogen and oxygen atoms in total. The van der Waals surface area contributed by atoms with E-state index in [9.17, 15) is 4.79 Å². The number of carbonyl (C=O) groups excluding carboxylic acids is 1. The molecule has 0 saturated carbocycles. The molecule has 0 spiro atoms. The van der Waals surface area contributed by atoms with Gasteiger partial charge in [-0.3, -0.25) is 4.79 Å². The Kier molecular flexibility index (Phi) is 4.39. The van der Waals surface area contributed by atoms with Crippen molar-refractivity contribution in [2.24, 2.45) is 5.92 Å².